The summed E-state index contributed by atoms with van der Waals surface area (Å²) in [5.74, 6) is -1.94. The van der Waals surface area contributed by atoms with E-state index in [1.807, 2.05) is 13.8 Å². The number of benzene rings is 1. The minimum Gasteiger partial charge on any atom is -0.481 e. The standard InChI is InChI=1S/C18H23F3N2O3/c1-3-22(4-2)15(12-6-5-7-14(10-12)18(19,20)21)16(24)23-9-8-13(11-23)17(25)26/h5-7,10,13,15H,3-4,8-9,11H2,1-2H3,(H,25,26). The summed E-state index contributed by atoms with van der Waals surface area (Å²) in [7, 11) is 0. The summed E-state index contributed by atoms with van der Waals surface area (Å²) < 4.78 is 39.2. The first kappa shape index (κ1) is 20.2. The van der Waals surface area contributed by atoms with E-state index in [2.05, 4.69) is 0 Å². The molecule has 1 aliphatic rings. The van der Waals surface area contributed by atoms with Crippen molar-refractivity contribution in [2.24, 2.45) is 5.92 Å². The van der Waals surface area contributed by atoms with Gasteiger partial charge in [-0.05, 0) is 37.2 Å². The van der Waals surface area contributed by atoms with Gasteiger partial charge in [-0.1, -0.05) is 26.0 Å². The Bertz CT molecular complexity index is 659. The van der Waals surface area contributed by atoms with Crippen molar-refractivity contribution >= 4 is 11.9 Å². The normalized spacial score (nSPS) is 19.0. The van der Waals surface area contributed by atoms with Gasteiger partial charge in [-0.15, -0.1) is 0 Å². The largest absolute Gasteiger partial charge is 0.481 e. The molecule has 144 valence electrons. The Morgan fingerprint density at radius 1 is 1.31 bits per heavy atom. The third-order valence-corrected chi connectivity index (χ3v) is 4.79. The van der Waals surface area contributed by atoms with Crippen LogP contribution in [0.25, 0.3) is 0 Å². The highest BCUT2D eigenvalue weighted by Crippen LogP contribution is 2.33. The minimum absolute atomic E-state index is 0.0882. The lowest BCUT2D eigenvalue weighted by atomic mass is 10.0. The number of carbonyl (C=O) groups is 2. The first-order valence-electron chi connectivity index (χ1n) is 8.61. The Kier molecular flexibility index (Phi) is 6.28. The quantitative estimate of drug-likeness (QED) is 0.834. The number of hydrogen-bond acceptors (Lipinski definition) is 3. The number of halogens is 3. The van der Waals surface area contributed by atoms with Crippen LogP contribution in [0.5, 0.6) is 0 Å². The van der Waals surface area contributed by atoms with Crippen LogP contribution in [-0.2, 0) is 15.8 Å². The molecule has 1 aromatic rings. The maximum atomic E-state index is 13.1. The molecule has 1 saturated heterocycles. The van der Waals surface area contributed by atoms with Gasteiger partial charge in [0.2, 0.25) is 5.91 Å². The number of amides is 1. The van der Waals surface area contributed by atoms with E-state index >= 15 is 0 Å². The van der Waals surface area contributed by atoms with Crippen LogP contribution in [0.2, 0.25) is 0 Å². The number of hydrogen-bond donors (Lipinski definition) is 1. The number of carboxylic acid groups (broad SMARTS) is 1. The maximum absolute atomic E-state index is 13.1. The molecule has 2 rings (SSSR count). The molecule has 0 spiro atoms. The lowest BCUT2D eigenvalue weighted by molar-refractivity contribution is -0.142. The van der Waals surface area contributed by atoms with Crippen LogP contribution in [0.4, 0.5) is 13.2 Å². The van der Waals surface area contributed by atoms with E-state index in [1.54, 1.807) is 4.90 Å². The van der Waals surface area contributed by atoms with Crippen molar-refractivity contribution in [1.82, 2.24) is 9.80 Å². The molecule has 0 aliphatic carbocycles. The lowest BCUT2D eigenvalue weighted by Gasteiger charge is -2.32. The Hall–Kier alpha value is -2.09. The minimum atomic E-state index is -4.49. The fourth-order valence-electron chi connectivity index (χ4n) is 3.32. The van der Waals surface area contributed by atoms with Crippen molar-refractivity contribution in [3.8, 4) is 0 Å². The number of alkyl halides is 3. The monoisotopic (exact) mass is 372 g/mol. The summed E-state index contributed by atoms with van der Waals surface area (Å²) in [5, 5.41) is 9.12. The second-order valence-electron chi connectivity index (χ2n) is 6.36. The zero-order valence-corrected chi connectivity index (χ0v) is 14.8. The maximum Gasteiger partial charge on any atom is 0.416 e. The van der Waals surface area contributed by atoms with Crippen LogP contribution < -0.4 is 0 Å². The summed E-state index contributed by atoms with van der Waals surface area (Å²) in [4.78, 5) is 27.4. The molecule has 5 nitrogen and oxygen atoms in total. The van der Waals surface area contributed by atoms with Crippen molar-refractivity contribution in [2.75, 3.05) is 26.2 Å². The number of carbonyl (C=O) groups excluding carboxylic acids is 1. The smallest absolute Gasteiger partial charge is 0.416 e. The fraction of sp³-hybridized carbons (Fsp3) is 0.556. The Morgan fingerprint density at radius 2 is 1.96 bits per heavy atom. The molecular formula is C18H23F3N2O3. The van der Waals surface area contributed by atoms with E-state index in [0.717, 1.165) is 12.1 Å². The van der Waals surface area contributed by atoms with Gasteiger partial charge >= 0.3 is 12.1 Å². The molecule has 1 amide bonds. The topological polar surface area (TPSA) is 60.9 Å². The van der Waals surface area contributed by atoms with E-state index in [1.165, 1.54) is 17.0 Å². The van der Waals surface area contributed by atoms with Crippen molar-refractivity contribution in [3.05, 3.63) is 35.4 Å². The van der Waals surface area contributed by atoms with Gasteiger partial charge in [0.15, 0.2) is 0 Å². The number of aliphatic carboxylic acids is 1. The van der Waals surface area contributed by atoms with Crippen LogP contribution in [-0.4, -0.2) is 53.0 Å². The molecular weight excluding hydrogens is 349 g/mol. The second kappa shape index (κ2) is 8.07. The Morgan fingerprint density at radius 3 is 2.46 bits per heavy atom. The highest BCUT2D eigenvalue weighted by molar-refractivity contribution is 5.84. The van der Waals surface area contributed by atoms with Crippen LogP contribution in [0.15, 0.2) is 24.3 Å². The molecule has 0 radical (unpaired) electrons. The third-order valence-electron chi connectivity index (χ3n) is 4.79. The molecule has 1 aliphatic heterocycles. The highest BCUT2D eigenvalue weighted by atomic mass is 19.4. The van der Waals surface area contributed by atoms with Gasteiger partial charge < -0.3 is 10.0 Å². The molecule has 2 atom stereocenters. The van der Waals surface area contributed by atoms with Gasteiger partial charge in [-0.25, -0.2) is 0 Å². The first-order chi connectivity index (χ1) is 12.2. The van der Waals surface area contributed by atoms with E-state index < -0.39 is 29.7 Å². The average Bonchev–Trinajstić information content (AvgIpc) is 3.09. The summed E-state index contributed by atoms with van der Waals surface area (Å²) >= 11 is 0. The Labute approximate surface area is 150 Å². The lowest BCUT2D eigenvalue weighted by Crippen LogP contribution is -2.42. The van der Waals surface area contributed by atoms with Gasteiger partial charge in [0.1, 0.15) is 6.04 Å². The van der Waals surface area contributed by atoms with Gasteiger partial charge in [-0.3, -0.25) is 14.5 Å². The summed E-state index contributed by atoms with van der Waals surface area (Å²) in [6.45, 7) is 5.03. The number of likely N-dealkylation sites (N-methyl/N-ethyl adjacent to an activating group) is 1. The number of likely N-dealkylation sites (tertiary alicyclic amines) is 1. The molecule has 8 heteroatoms. The molecule has 1 aromatic carbocycles. The van der Waals surface area contributed by atoms with Gasteiger partial charge in [-0.2, -0.15) is 13.2 Å². The number of carboxylic acids is 1. The van der Waals surface area contributed by atoms with E-state index in [4.69, 9.17) is 5.11 Å². The van der Waals surface area contributed by atoms with Crippen molar-refractivity contribution in [1.29, 1.82) is 0 Å². The molecule has 0 bridgehead atoms. The van der Waals surface area contributed by atoms with Crippen LogP contribution >= 0.6 is 0 Å². The molecule has 1 fully saturated rings. The summed E-state index contributed by atoms with van der Waals surface area (Å²) in [6.07, 6.45) is -4.14. The molecule has 2 unspecified atom stereocenters. The predicted molar refractivity (Wildman–Crippen MR) is 89.4 cm³/mol. The van der Waals surface area contributed by atoms with Gasteiger partial charge in [0, 0.05) is 13.1 Å². The summed E-state index contributed by atoms with van der Waals surface area (Å²) in [6, 6.07) is 3.93. The predicted octanol–water partition coefficient (Wildman–Crippen LogP) is 3.02. The van der Waals surface area contributed by atoms with E-state index in [-0.39, 0.29) is 18.0 Å². The molecule has 0 saturated carbocycles. The van der Waals surface area contributed by atoms with Gasteiger partial charge in [0.25, 0.3) is 0 Å². The fourth-order valence-corrected chi connectivity index (χ4v) is 3.32. The zero-order chi connectivity index (χ0) is 19.5. The number of rotatable bonds is 6. The average molecular weight is 372 g/mol. The Balaban J connectivity index is 2.36. The van der Waals surface area contributed by atoms with E-state index in [9.17, 15) is 22.8 Å². The van der Waals surface area contributed by atoms with Crippen LogP contribution in [0.3, 0.4) is 0 Å². The zero-order valence-electron chi connectivity index (χ0n) is 14.8. The molecule has 1 heterocycles. The molecule has 26 heavy (non-hydrogen) atoms. The van der Waals surface area contributed by atoms with Crippen LogP contribution in [0, 0.1) is 5.92 Å². The van der Waals surface area contributed by atoms with Crippen LogP contribution in [0.1, 0.15) is 37.4 Å². The van der Waals surface area contributed by atoms with Crippen molar-refractivity contribution in [3.63, 3.8) is 0 Å². The van der Waals surface area contributed by atoms with Crippen molar-refractivity contribution in [2.45, 2.75) is 32.5 Å². The first-order valence-corrected chi connectivity index (χ1v) is 8.61. The molecule has 1 N–H and O–H groups in total. The van der Waals surface area contributed by atoms with Gasteiger partial charge in [0.05, 0.1) is 11.5 Å². The summed E-state index contributed by atoms with van der Waals surface area (Å²) in [5.41, 5.74) is -0.530. The molecule has 0 aromatic heterocycles. The highest BCUT2D eigenvalue weighted by Gasteiger charge is 2.37. The SMILES string of the molecule is CCN(CC)C(C(=O)N1CCC(C(=O)O)C1)c1cccc(C(F)(F)F)c1. The number of nitrogens with zero attached hydrogens (tertiary/aromatic N) is 2. The van der Waals surface area contributed by atoms with Crippen molar-refractivity contribution < 1.29 is 27.9 Å². The second-order valence-corrected chi connectivity index (χ2v) is 6.36. The third kappa shape index (κ3) is 4.35. The van der Waals surface area contributed by atoms with E-state index in [0.29, 0.717) is 26.1 Å².